The summed E-state index contributed by atoms with van der Waals surface area (Å²) in [5, 5.41) is 5.42. The van der Waals surface area contributed by atoms with Crippen molar-refractivity contribution in [3.63, 3.8) is 0 Å². The van der Waals surface area contributed by atoms with Crippen LogP contribution in [-0.2, 0) is 6.54 Å². The van der Waals surface area contributed by atoms with Crippen molar-refractivity contribution >= 4 is 23.7 Å². The lowest BCUT2D eigenvalue weighted by Crippen LogP contribution is -2.40. The number of hydrogen-bond donors (Lipinski definition) is 1. The smallest absolute Gasteiger partial charge is 0.236 e. The topological polar surface area (TPSA) is 41.3 Å². The Balaban J connectivity index is 0.00000161. The second-order valence-corrected chi connectivity index (χ2v) is 6.29. The van der Waals surface area contributed by atoms with Gasteiger partial charge in [0.25, 0.3) is 0 Å². The summed E-state index contributed by atoms with van der Waals surface area (Å²) in [5.74, 6) is 1.71. The van der Waals surface area contributed by atoms with E-state index in [2.05, 4.69) is 33.7 Å². The first-order valence-electron chi connectivity index (χ1n) is 7.16. The third-order valence-electron chi connectivity index (χ3n) is 3.99. The van der Waals surface area contributed by atoms with Gasteiger partial charge in [-0.1, -0.05) is 6.07 Å². The molecule has 1 saturated heterocycles. The number of piperidine rings is 1. The van der Waals surface area contributed by atoms with Gasteiger partial charge in [0.2, 0.25) is 5.89 Å². The van der Waals surface area contributed by atoms with Gasteiger partial charge in [-0.15, -0.1) is 23.7 Å². The molecule has 3 rings (SSSR count). The number of hydrogen-bond acceptors (Lipinski definition) is 5. The van der Waals surface area contributed by atoms with Crippen molar-refractivity contribution in [2.45, 2.75) is 32.4 Å². The van der Waals surface area contributed by atoms with Crippen molar-refractivity contribution in [2.24, 2.45) is 0 Å². The fourth-order valence-electron chi connectivity index (χ4n) is 2.67. The minimum Gasteiger partial charge on any atom is -0.440 e. The molecule has 0 saturated carbocycles. The lowest BCUT2D eigenvalue weighted by molar-refractivity contribution is 0.192. The van der Waals surface area contributed by atoms with Gasteiger partial charge in [-0.05, 0) is 38.3 Å². The lowest BCUT2D eigenvalue weighted by Gasteiger charge is -2.31. The molecule has 1 aliphatic heterocycles. The fraction of sp³-hybridized carbons (Fsp3) is 0.533. The van der Waals surface area contributed by atoms with E-state index < -0.39 is 0 Å². The number of likely N-dealkylation sites (tertiary alicyclic amines) is 1. The number of halogens is 1. The monoisotopic (exact) mass is 327 g/mol. The number of thiophene rings is 1. The minimum atomic E-state index is 0. The zero-order valence-corrected chi connectivity index (χ0v) is 14.1. The molecule has 0 atom stereocenters. The van der Waals surface area contributed by atoms with Gasteiger partial charge in [0.05, 0.1) is 10.6 Å². The minimum absolute atomic E-state index is 0. The highest BCUT2D eigenvalue weighted by molar-refractivity contribution is 7.13. The van der Waals surface area contributed by atoms with E-state index >= 15 is 0 Å². The Morgan fingerprint density at radius 2 is 2.19 bits per heavy atom. The van der Waals surface area contributed by atoms with E-state index in [1.807, 2.05) is 13.0 Å². The van der Waals surface area contributed by atoms with E-state index in [-0.39, 0.29) is 12.4 Å². The van der Waals surface area contributed by atoms with Crippen LogP contribution >= 0.6 is 23.7 Å². The molecule has 0 bridgehead atoms. The number of nitrogens with zero attached hydrogens (tertiary/aromatic N) is 2. The summed E-state index contributed by atoms with van der Waals surface area (Å²) >= 11 is 1.67. The first kappa shape index (κ1) is 16.5. The molecule has 0 unspecified atom stereocenters. The van der Waals surface area contributed by atoms with Crippen LogP contribution in [0.4, 0.5) is 0 Å². The van der Waals surface area contributed by atoms with E-state index in [4.69, 9.17) is 4.42 Å². The molecule has 6 heteroatoms. The molecule has 0 aliphatic carbocycles. The van der Waals surface area contributed by atoms with Crippen molar-refractivity contribution in [3.05, 3.63) is 29.0 Å². The molecule has 1 N–H and O–H groups in total. The summed E-state index contributed by atoms with van der Waals surface area (Å²) in [4.78, 5) is 8.25. The predicted molar refractivity (Wildman–Crippen MR) is 89.2 cm³/mol. The van der Waals surface area contributed by atoms with Gasteiger partial charge < -0.3 is 9.73 Å². The van der Waals surface area contributed by atoms with Crippen LogP contribution in [0.25, 0.3) is 10.8 Å². The molecule has 0 aromatic carbocycles. The summed E-state index contributed by atoms with van der Waals surface area (Å²) in [5.41, 5.74) is 1.08. The fourth-order valence-corrected chi connectivity index (χ4v) is 3.32. The maximum atomic E-state index is 5.80. The number of aromatic nitrogens is 1. The average Bonchev–Trinajstić information content (AvgIpc) is 3.10. The molecule has 0 radical (unpaired) electrons. The Morgan fingerprint density at radius 3 is 2.81 bits per heavy atom. The van der Waals surface area contributed by atoms with Gasteiger partial charge in [-0.3, -0.25) is 4.90 Å². The number of oxazole rings is 1. The SMILES string of the molecule is CNC1CCN(Cc2nc(-c3cccs3)oc2C)CC1.Cl. The molecule has 116 valence electrons. The highest BCUT2D eigenvalue weighted by atomic mass is 35.5. The van der Waals surface area contributed by atoms with Crippen LogP contribution in [0.5, 0.6) is 0 Å². The van der Waals surface area contributed by atoms with Gasteiger partial charge in [-0.25, -0.2) is 4.98 Å². The Kier molecular flexibility index (Phi) is 5.81. The van der Waals surface area contributed by atoms with Crippen LogP contribution in [0.15, 0.2) is 21.9 Å². The zero-order chi connectivity index (χ0) is 13.9. The lowest BCUT2D eigenvalue weighted by atomic mass is 10.1. The van der Waals surface area contributed by atoms with E-state index in [9.17, 15) is 0 Å². The van der Waals surface area contributed by atoms with Gasteiger partial charge in [0.15, 0.2) is 0 Å². The first-order valence-corrected chi connectivity index (χ1v) is 8.04. The van der Waals surface area contributed by atoms with Crippen molar-refractivity contribution in [3.8, 4) is 10.8 Å². The molecule has 21 heavy (non-hydrogen) atoms. The molecule has 1 fully saturated rings. The quantitative estimate of drug-likeness (QED) is 0.935. The molecule has 3 heterocycles. The summed E-state index contributed by atoms with van der Waals surface area (Å²) in [6.07, 6.45) is 2.43. The molecular weight excluding hydrogens is 306 g/mol. The van der Waals surface area contributed by atoms with Crippen LogP contribution in [0.2, 0.25) is 0 Å². The Morgan fingerprint density at radius 1 is 1.43 bits per heavy atom. The predicted octanol–water partition coefficient (Wildman–Crippen LogP) is 3.32. The van der Waals surface area contributed by atoms with Crippen LogP contribution in [0.1, 0.15) is 24.3 Å². The van der Waals surface area contributed by atoms with Crippen molar-refractivity contribution < 1.29 is 4.42 Å². The molecular formula is C15H22ClN3OS. The number of rotatable bonds is 4. The first-order chi connectivity index (χ1) is 9.76. The van der Waals surface area contributed by atoms with Gasteiger partial charge in [-0.2, -0.15) is 0 Å². The molecule has 0 amide bonds. The van der Waals surface area contributed by atoms with Crippen LogP contribution in [0, 0.1) is 6.92 Å². The number of aryl methyl sites for hydroxylation is 1. The van der Waals surface area contributed by atoms with E-state index in [1.54, 1.807) is 11.3 Å². The van der Waals surface area contributed by atoms with E-state index in [0.717, 1.165) is 41.9 Å². The third-order valence-corrected chi connectivity index (χ3v) is 4.85. The van der Waals surface area contributed by atoms with Gasteiger partial charge in [0.1, 0.15) is 5.76 Å². The van der Waals surface area contributed by atoms with Gasteiger partial charge >= 0.3 is 0 Å². The van der Waals surface area contributed by atoms with Crippen molar-refractivity contribution in [1.82, 2.24) is 15.2 Å². The summed E-state index contributed by atoms with van der Waals surface area (Å²) in [6, 6.07) is 4.76. The van der Waals surface area contributed by atoms with E-state index in [0.29, 0.717) is 6.04 Å². The highest BCUT2D eigenvalue weighted by Gasteiger charge is 2.20. The summed E-state index contributed by atoms with van der Waals surface area (Å²) in [7, 11) is 2.05. The maximum Gasteiger partial charge on any atom is 0.236 e. The van der Waals surface area contributed by atoms with Crippen LogP contribution in [-0.4, -0.2) is 36.1 Å². The van der Waals surface area contributed by atoms with Crippen LogP contribution < -0.4 is 5.32 Å². The second-order valence-electron chi connectivity index (χ2n) is 5.34. The standard InChI is InChI=1S/C15H21N3OS.ClH/c1-11-13(10-18-7-5-12(16-2)6-8-18)17-15(19-11)14-4-3-9-20-14;/h3-4,9,12,16H,5-8,10H2,1-2H3;1H. The molecule has 1 aliphatic rings. The molecule has 2 aromatic heterocycles. The number of nitrogens with one attached hydrogen (secondary N) is 1. The zero-order valence-electron chi connectivity index (χ0n) is 12.5. The maximum absolute atomic E-state index is 5.80. The second kappa shape index (κ2) is 7.40. The Hall–Kier alpha value is -0.880. The van der Waals surface area contributed by atoms with Crippen molar-refractivity contribution in [2.75, 3.05) is 20.1 Å². The Labute approximate surface area is 136 Å². The third kappa shape index (κ3) is 3.86. The normalized spacial score (nSPS) is 16.9. The van der Waals surface area contributed by atoms with E-state index in [1.165, 1.54) is 12.8 Å². The summed E-state index contributed by atoms with van der Waals surface area (Å²) in [6.45, 7) is 5.18. The summed E-state index contributed by atoms with van der Waals surface area (Å²) < 4.78 is 5.80. The molecule has 0 spiro atoms. The molecule has 2 aromatic rings. The van der Waals surface area contributed by atoms with Crippen LogP contribution in [0.3, 0.4) is 0 Å². The van der Waals surface area contributed by atoms with Crippen molar-refractivity contribution in [1.29, 1.82) is 0 Å². The highest BCUT2D eigenvalue weighted by Crippen LogP contribution is 2.26. The van der Waals surface area contributed by atoms with Gasteiger partial charge in [0, 0.05) is 25.7 Å². The molecule has 4 nitrogen and oxygen atoms in total. The average molecular weight is 328 g/mol. The Bertz CT molecular complexity index is 547. The largest absolute Gasteiger partial charge is 0.440 e.